The molecule has 4 rings (SSSR count). The van der Waals surface area contributed by atoms with Crippen LogP contribution in [0.3, 0.4) is 0 Å². The maximum atomic E-state index is 12.8. The molecule has 0 radical (unpaired) electrons. The highest BCUT2D eigenvalue weighted by Crippen LogP contribution is 2.33. The number of fused-ring (bicyclic) bond motifs is 1. The van der Waals surface area contributed by atoms with E-state index in [4.69, 9.17) is 9.47 Å². The van der Waals surface area contributed by atoms with E-state index in [2.05, 4.69) is 22.2 Å². The fourth-order valence-corrected chi connectivity index (χ4v) is 3.61. The van der Waals surface area contributed by atoms with Crippen molar-refractivity contribution in [1.82, 2.24) is 14.9 Å². The zero-order valence-corrected chi connectivity index (χ0v) is 15.5. The molecule has 2 aliphatic rings. The number of likely N-dealkylation sites (tertiary alicyclic amines) is 1. The molecule has 142 valence electrons. The standard InChI is InChI=1S/C20H24N4O3/c1-2-15-5-3-4-8-24(15)20(25)16-12-22-19(13-21-16)23-14-6-7-17-18(11-14)27-10-9-26-17/h6-7,11-13,15H,2-5,8-10H2,1H3,(H,22,23). The van der Waals surface area contributed by atoms with E-state index in [9.17, 15) is 4.79 Å². The molecule has 2 aliphatic heterocycles. The first-order valence-electron chi connectivity index (χ1n) is 9.54. The number of carbonyl (C=O) groups excluding carboxylic acids is 1. The molecule has 1 fully saturated rings. The molecule has 1 aromatic carbocycles. The summed E-state index contributed by atoms with van der Waals surface area (Å²) < 4.78 is 11.1. The highest BCUT2D eigenvalue weighted by Gasteiger charge is 2.27. The van der Waals surface area contributed by atoms with Crippen LogP contribution in [0.15, 0.2) is 30.6 Å². The minimum absolute atomic E-state index is 0.0278. The van der Waals surface area contributed by atoms with Gasteiger partial charge in [-0.25, -0.2) is 9.97 Å². The van der Waals surface area contributed by atoms with E-state index in [1.807, 2.05) is 23.1 Å². The summed E-state index contributed by atoms with van der Waals surface area (Å²) in [6, 6.07) is 5.94. The molecule has 7 heteroatoms. The fourth-order valence-electron chi connectivity index (χ4n) is 3.61. The predicted octanol–water partition coefficient (Wildman–Crippen LogP) is 3.40. The molecule has 1 amide bonds. The average molecular weight is 368 g/mol. The van der Waals surface area contributed by atoms with Crippen LogP contribution in [-0.2, 0) is 0 Å². The van der Waals surface area contributed by atoms with Gasteiger partial charge in [0.2, 0.25) is 0 Å². The lowest BCUT2D eigenvalue weighted by Gasteiger charge is -2.34. The predicted molar refractivity (Wildman–Crippen MR) is 102 cm³/mol. The van der Waals surface area contributed by atoms with Crippen LogP contribution in [0, 0.1) is 0 Å². The molecule has 1 aromatic heterocycles. The third-order valence-corrected chi connectivity index (χ3v) is 5.04. The summed E-state index contributed by atoms with van der Waals surface area (Å²) in [6.45, 7) is 4.04. The van der Waals surface area contributed by atoms with Gasteiger partial charge in [0.25, 0.3) is 5.91 Å². The van der Waals surface area contributed by atoms with Crippen LogP contribution < -0.4 is 14.8 Å². The van der Waals surface area contributed by atoms with E-state index in [-0.39, 0.29) is 5.91 Å². The second-order valence-electron chi connectivity index (χ2n) is 6.83. The zero-order chi connectivity index (χ0) is 18.6. The first-order valence-corrected chi connectivity index (χ1v) is 9.54. The number of hydrogen-bond acceptors (Lipinski definition) is 6. The van der Waals surface area contributed by atoms with Crippen molar-refractivity contribution in [2.75, 3.05) is 25.1 Å². The monoisotopic (exact) mass is 368 g/mol. The Kier molecular flexibility index (Phi) is 5.09. The van der Waals surface area contributed by atoms with Gasteiger partial charge >= 0.3 is 0 Å². The number of carbonyl (C=O) groups is 1. The van der Waals surface area contributed by atoms with Gasteiger partial charge in [0.15, 0.2) is 11.5 Å². The normalized spacial score (nSPS) is 18.9. The number of hydrogen-bond donors (Lipinski definition) is 1. The van der Waals surface area contributed by atoms with E-state index in [1.165, 1.54) is 6.42 Å². The Hall–Kier alpha value is -2.83. The van der Waals surface area contributed by atoms with Gasteiger partial charge in [-0.2, -0.15) is 0 Å². The maximum absolute atomic E-state index is 12.8. The summed E-state index contributed by atoms with van der Waals surface area (Å²) >= 11 is 0. The van der Waals surface area contributed by atoms with Crippen molar-refractivity contribution in [3.63, 3.8) is 0 Å². The van der Waals surface area contributed by atoms with Gasteiger partial charge in [0.1, 0.15) is 24.7 Å². The summed E-state index contributed by atoms with van der Waals surface area (Å²) in [5.41, 5.74) is 1.22. The van der Waals surface area contributed by atoms with Crippen LogP contribution in [0.25, 0.3) is 0 Å². The van der Waals surface area contributed by atoms with Gasteiger partial charge < -0.3 is 19.7 Å². The Bertz CT molecular complexity index is 809. The number of anilines is 2. The lowest BCUT2D eigenvalue weighted by Crippen LogP contribution is -2.43. The Morgan fingerprint density at radius 3 is 2.81 bits per heavy atom. The lowest BCUT2D eigenvalue weighted by molar-refractivity contribution is 0.0601. The van der Waals surface area contributed by atoms with Gasteiger partial charge in [-0.1, -0.05) is 6.92 Å². The Morgan fingerprint density at radius 1 is 1.19 bits per heavy atom. The van der Waals surface area contributed by atoms with Gasteiger partial charge in [-0.15, -0.1) is 0 Å². The van der Waals surface area contributed by atoms with E-state index < -0.39 is 0 Å². The van der Waals surface area contributed by atoms with Crippen LogP contribution in [0.4, 0.5) is 11.5 Å². The summed E-state index contributed by atoms with van der Waals surface area (Å²) in [4.78, 5) is 23.4. The summed E-state index contributed by atoms with van der Waals surface area (Å²) in [6.07, 6.45) is 7.42. The summed E-state index contributed by atoms with van der Waals surface area (Å²) in [5, 5.41) is 3.19. The minimum atomic E-state index is -0.0278. The number of aromatic nitrogens is 2. The molecule has 0 aliphatic carbocycles. The van der Waals surface area contributed by atoms with E-state index in [0.717, 1.165) is 37.2 Å². The molecule has 27 heavy (non-hydrogen) atoms. The van der Waals surface area contributed by atoms with E-state index in [1.54, 1.807) is 12.4 Å². The van der Waals surface area contributed by atoms with Crippen molar-refractivity contribution < 1.29 is 14.3 Å². The molecule has 2 aromatic rings. The second-order valence-corrected chi connectivity index (χ2v) is 6.83. The smallest absolute Gasteiger partial charge is 0.274 e. The number of benzene rings is 1. The first kappa shape index (κ1) is 17.6. The molecular weight excluding hydrogens is 344 g/mol. The molecule has 1 atom stereocenters. The molecule has 0 spiro atoms. The molecular formula is C20H24N4O3. The summed E-state index contributed by atoms with van der Waals surface area (Å²) in [5.74, 6) is 2.00. The maximum Gasteiger partial charge on any atom is 0.274 e. The molecule has 1 N–H and O–H groups in total. The quantitative estimate of drug-likeness (QED) is 0.891. The number of amides is 1. The Morgan fingerprint density at radius 2 is 2.04 bits per heavy atom. The van der Waals surface area contributed by atoms with Crippen molar-refractivity contribution in [2.45, 2.75) is 38.6 Å². The molecule has 3 heterocycles. The van der Waals surface area contributed by atoms with Crippen molar-refractivity contribution >= 4 is 17.4 Å². The zero-order valence-electron chi connectivity index (χ0n) is 15.5. The third-order valence-electron chi connectivity index (χ3n) is 5.04. The lowest BCUT2D eigenvalue weighted by atomic mass is 10.00. The van der Waals surface area contributed by atoms with Crippen LogP contribution in [0.1, 0.15) is 43.1 Å². The molecule has 7 nitrogen and oxygen atoms in total. The molecule has 0 bridgehead atoms. The van der Waals surface area contributed by atoms with Crippen LogP contribution in [0.5, 0.6) is 11.5 Å². The fraction of sp³-hybridized carbons (Fsp3) is 0.450. The van der Waals surface area contributed by atoms with Crippen molar-refractivity contribution in [2.24, 2.45) is 0 Å². The third kappa shape index (κ3) is 3.82. The Balaban J connectivity index is 1.45. The number of rotatable bonds is 4. The number of ether oxygens (including phenoxy) is 2. The van der Waals surface area contributed by atoms with Crippen LogP contribution in [0.2, 0.25) is 0 Å². The van der Waals surface area contributed by atoms with Gasteiger partial charge in [0, 0.05) is 24.3 Å². The van der Waals surface area contributed by atoms with E-state index in [0.29, 0.717) is 36.5 Å². The van der Waals surface area contributed by atoms with Gasteiger partial charge in [-0.05, 0) is 37.8 Å². The van der Waals surface area contributed by atoms with Crippen molar-refractivity contribution in [3.8, 4) is 11.5 Å². The van der Waals surface area contributed by atoms with Crippen LogP contribution >= 0.6 is 0 Å². The number of nitrogens with one attached hydrogen (secondary N) is 1. The van der Waals surface area contributed by atoms with Crippen LogP contribution in [-0.4, -0.2) is 46.6 Å². The average Bonchev–Trinajstić information content (AvgIpc) is 2.73. The van der Waals surface area contributed by atoms with Crippen molar-refractivity contribution in [1.29, 1.82) is 0 Å². The number of piperidine rings is 1. The minimum Gasteiger partial charge on any atom is -0.486 e. The molecule has 1 unspecified atom stereocenters. The second kappa shape index (κ2) is 7.82. The van der Waals surface area contributed by atoms with Crippen molar-refractivity contribution in [3.05, 3.63) is 36.3 Å². The summed E-state index contributed by atoms with van der Waals surface area (Å²) in [7, 11) is 0. The first-order chi connectivity index (χ1) is 13.2. The number of nitrogens with zero attached hydrogens (tertiary/aromatic N) is 3. The highest BCUT2D eigenvalue weighted by atomic mass is 16.6. The van der Waals surface area contributed by atoms with Gasteiger partial charge in [0.05, 0.1) is 12.4 Å². The highest BCUT2D eigenvalue weighted by molar-refractivity contribution is 5.92. The van der Waals surface area contributed by atoms with E-state index >= 15 is 0 Å². The topological polar surface area (TPSA) is 76.6 Å². The van der Waals surface area contributed by atoms with Gasteiger partial charge in [-0.3, -0.25) is 4.79 Å². The molecule has 0 saturated carbocycles. The Labute approximate surface area is 158 Å². The largest absolute Gasteiger partial charge is 0.486 e. The SMILES string of the molecule is CCC1CCCCN1C(=O)c1cnc(Nc2ccc3c(c2)OCCO3)cn1. The molecule has 1 saturated heterocycles.